The van der Waals surface area contributed by atoms with E-state index in [1.54, 1.807) is 19.5 Å². The number of benzene rings is 1. The molecule has 1 aromatic carbocycles. The molecule has 0 saturated carbocycles. The Morgan fingerprint density at radius 2 is 1.59 bits per heavy atom. The highest BCUT2D eigenvalue weighted by atomic mass is 35.5. The first-order valence-corrected chi connectivity index (χ1v) is 11.7. The quantitative estimate of drug-likeness (QED) is 0.518. The predicted octanol–water partition coefficient (Wildman–Crippen LogP) is 4.30. The van der Waals surface area contributed by atoms with Gasteiger partial charge in [0.25, 0.3) is 0 Å². The minimum absolute atomic E-state index is 0.00457. The summed E-state index contributed by atoms with van der Waals surface area (Å²) >= 11 is 11.9. The van der Waals surface area contributed by atoms with Gasteiger partial charge in [0.1, 0.15) is 22.7 Å². The number of nitrogens with two attached hydrogens (primary N) is 1. The molecule has 0 saturated heterocycles. The summed E-state index contributed by atoms with van der Waals surface area (Å²) in [7, 11) is 1.61. The fourth-order valence-corrected chi connectivity index (χ4v) is 4.71. The van der Waals surface area contributed by atoms with E-state index in [0.29, 0.717) is 16.7 Å². The van der Waals surface area contributed by atoms with Crippen LogP contribution >= 0.6 is 23.2 Å². The van der Waals surface area contributed by atoms with E-state index in [-0.39, 0.29) is 18.7 Å². The normalized spacial score (nSPS) is 17.8. The highest BCUT2D eigenvalue weighted by molar-refractivity contribution is 6.30. The highest BCUT2D eigenvalue weighted by Gasteiger charge is 2.25. The van der Waals surface area contributed by atoms with Crippen molar-refractivity contribution in [2.75, 3.05) is 7.11 Å². The minimum atomic E-state index is -0.428. The van der Waals surface area contributed by atoms with Crippen LogP contribution in [-0.4, -0.2) is 35.3 Å². The first-order valence-electron chi connectivity index (χ1n) is 11.0. The number of rotatable bonds is 4. The summed E-state index contributed by atoms with van der Waals surface area (Å²) in [6.07, 6.45) is 6.24. The van der Waals surface area contributed by atoms with Gasteiger partial charge in [-0.1, -0.05) is 35.3 Å². The number of alkyl carbamates (subject to hydrolysis) is 1. The Bertz CT molecular complexity index is 1160. The van der Waals surface area contributed by atoms with E-state index in [1.807, 2.05) is 36.4 Å². The number of amides is 1. The average Bonchev–Trinajstić information content (AvgIpc) is 3.42. The molecule has 0 bridgehead atoms. The number of fused-ring (bicyclic) bond motifs is 2. The van der Waals surface area contributed by atoms with Gasteiger partial charge in [-0.3, -0.25) is 0 Å². The van der Waals surface area contributed by atoms with Gasteiger partial charge in [-0.15, -0.1) is 0 Å². The van der Waals surface area contributed by atoms with Crippen molar-refractivity contribution in [3.63, 3.8) is 0 Å². The third kappa shape index (κ3) is 5.97. The number of nitrogens with one attached hydrogen (secondary N) is 1. The average molecular weight is 501 g/mol. The summed E-state index contributed by atoms with van der Waals surface area (Å²) in [5.41, 5.74) is 11.2. The molecule has 2 atom stereocenters. The Labute approximate surface area is 208 Å². The summed E-state index contributed by atoms with van der Waals surface area (Å²) in [6, 6.07) is 11.6. The van der Waals surface area contributed by atoms with Gasteiger partial charge in [0.05, 0.1) is 7.11 Å². The van der Waals surface area contributed by atoms with Crippen molar-refractivity contribution in [1.82, 2.24) is 15.3 Å². The van der Waals surface area contributed by atoms with Crippen LogP contribution in [0.5, 0.6) is 5.75 Å². The fourth-order valence-electron chi connectivity index (χ4n) is 4.20. The fraction of sp³-hybridized carbons (Fsp3) is 0.320. The maximum absolute atomic E-state index is 11.9. The van der Waals surface area contributed by atoms with Crippen LogP contribution in [-0.2, 0) is 37.0 Å². The lowest BCUT2D eigenvalue weighted by Crippen LogP contribution is -2.35. The molecule has 3 aromatic rings. The third-order valence-corrected chi connectivity index (χ3v) is 6.57. The van der Waals surface area contributed by atoms with Gasteiger partial charge < -0.3 is 20.5 Å². The first-order chi connectivity index (χ1) is 16.4. The maximum atomic E-state index is 11.9. The van der Waals surface area contributed by atoms with Crippen molar-refractivity contribution in [1.29, 1.82) is 0 Å². The summed E-state index contributed by atoms with van der Waals surface area (Å²) < 4.78 is 10.3. The second-order valence-electron chi connectivity index (χ2n) is 8.32. The van der Waals surface area contributed by atoms with Crippen LogP contribution in [0.3, 0.4) is 0 Å². The monoisotopic (exact) mass is 500 g/mol. The Kier molecular flexibility index (Phi) is 7.88. The zero-order chi connectivity index (χ0) is 24.1. The van der Waals surface area contributed by atoms with E-state index in [9.17, 15) is 4.79 Å². The highest BCUT2D eigenvalue weighted by Crippen LogP contribution is 2.27. The zero-order valence-electron chi connectivity index (χ0n) is 18.8. The molecule has 5 rings (SSSR count). The second-order valence-corrected chi connectivity index (χ2v) is 9.04. The standard InChI is InChI=1S/C17H17ClN2O3.C8H9ClN2/c1-22-14-4-2-11(3-5-14)10-23-17(21)20-13-8-12-6-7-19-16(18)15(12)9-13;9-8-7-4-6(10)3-5(7)1-2-11-8/h2-7,13H,8-10H2,1H3,(H,20,21);1-2,6H,3-4,10H2. The Hall–Kier alpha value is -2.87. The molecule has 0 aliphatic heterocycles. The van der Waals surface area contributed by atoms with E-state index in [1.165, 1.54) is 5.56 Å². The molecular weight excluding hydrogens is 475 g/mol. The summed E-state index contributed by atoms with van der Waals surface area (Å²) in [6.45, 7) is 0.220. The van der Waals surface area contributed by atoms with Crippen LogP contribution < -0.4 is 15.8 Å². The maximum Gasteiger partial charge on any atom is 0.407 e. The van der Waals surface area contributed by atoms with Crippen LogP contribution in [0.2, 0.25) is 10.3 Å². The van der Waals surface area contributed by atoms with E-state index >= 15 is 0 Å². The molecule has 3 N–H and O–H groups in total. The lowest BCUT2D eigenvalue weighted by atomic mass is 10.2. The molecule has 2 aliphatic carbocycles. The molecule has 178 valence electrons. The Balaban J connectivity index is 0.000000207. The number of pyridine rings is 2. The minimum Gasteiger partial charge on any atom is -0.497 e. The molecule has 0 spiro atoms. The molecular formula is C25H26Cl2N4O3. The smallest absolute Gasteiger partial charge is 0.407 e. The first kappa shape index (κ1) is 24.3. The number of ether oxygens (including phenoxy) is 2. The molecule has 0 fully saturated rings. The Morgan fingerprint density at radius 3 is 2.18 bits per heavy atom. The number of carbonyl (C=O) groups is 1. The van der Waals surface area contributed by atoms with Gasteiger partial charge in [-0.25, -0.2) is 14.8 Å². The molecule has 2 aromatic heterocycles. The van der Waals surface area contributed by atoms with Gasteiger partial charge >= 0.3 is 6.09 Å². The molecule has 7 nitrogen and oxygen atoms in total. The van der Waals surface area contributed by atoms with Crippen LogP contribution in [0, 0.1) is 0 Å². The predicted molar refractivity (Wildman–Crippen MR) is 131 cm³/mol. The van der Waals surface area contributed by atoms with E-state index < -0.39 is 6.09 Å². The lowest BCUT2D eigenvalue weighted by Gasteiger charge is -2.12. The number of halogens is 2. The largest absolute Gasteiger partial charge is 0.497 e. The lowest BCUT2D eigenvalue weighted by molar-refractivity contribution is 0.136. The SMILES string of the molecule is COc1ccc(COC(=O)NC2Cc3ccnc(Cl)c3C2)cc1.NC1Cc2ccnc(Cl)c2C1. The van der Waals surface area contributed by atoms with Gasteiger partial charge in [-0.2, -0.15) is 0 Å². The van der Waals surface area contributed by atoms with Crippen molar-refractivity contribution < 1.29 is 14.3 Å². The van der Waals surface area contributed by atoms with E-state index in [4.69, 9.17) is 38.4 Å². The van der Waals surface area contributed by atoms with Crippen molar-refractivity contribution >= 4 is 29.3 Å². The van der Waals surface area contributed by atoms with Gasteiger partial charge in [0.2, 0.25) is 0 Å². The molecule has 0 radical (unpaired) electrons. The van der Waals surface area contributed by atoms with Gasteiger partial charge in [-0.05, 0) is 77.8 Å². The molecule has 2 unspecified atom stereocenters. The molecule has 34 heavy (non-hydrogen) atoms. The summed E-state index contributed by atoms with van der Waals surface area (Å²) in [5, 5.41) is 4.01. The van der Waals surface area contributed by atoms with E-state index in [0.717, 1.165) is 47.3 Å². The summed E-state index contributed by atoms with van der Waals surface area (Å²) in [5.74, 6) is 0.771. The zero-order valence-corrected chi connectivity index (χ0v) is 20.3. The van der Waals surface area contributed by atoms with Crippen molar-refractivity contribution in [2.45, 2.75) is 44.4 Å². The van der Waals surface area contributed by atoms with Gasteiger partial charge in [0.15, 0.2) is 0 Å². The molecule has 9 heteroatoms. The van der Waals surface area contributed by atoms with Crippen LogP contribution in [0.4, 0.5) is 4.79 Å². The third-order valence-electron chi connectivity index (χ3n) is 5.92. The van der Waals surface area contributed by atoms with E-state index in [2.05, 4.69) is 15.3 Å². The number of nitrogens with zero attached hydrogens (tertiary/aromatic N) is 2. The number of methoxy groups -OCH3 is 1. The van der Waals surface area contributed by atoms with Crippen molar-refractivity contribution in [3.05, 3.63) is 86.9 Å². The van der Waals surface area contributed by atoms with Crippen LogP contribution in [0.25, 0.3) is 0 Å². The second kappa shape index (κ2) is 11.0. The van der Waals surface area contributed by atoms with Crippen LogP contribution in [0.15, 0.2) is 48.8 Å². The Morgan fingerprint density at radius 1 is 0.971 bits per heavy atom. The molecule has 2 aliphatic rings. The van der Waals surface area contributed by atoms with Gasteiger partial charge in [0, 0.05) is 24.5 Å². The topological polar surface area (TPSA) is 99.4 Å². The number of hydrogen-bond donors (Lipinski definition) is 2. The van der Waals surface area contributed by atoms with Crippen molar-refractivity contribution in [3.8, 4) is 5.75 Å². The number of carbonyl (C=O) groups excluding carboxylic acids is 1. The number of aromatic nitrogens is 2. The molecule has 1 amide bonds. The molecule has 2 heterocycles. The number of hydrogen-bond acceptors (Lipinski definition) is 6. The summed E-state index contributed by atoms with van der Waals surface area (Å²) in [4.78, 5) is 20.0. The van der Waals surface area contributed by atoms with Crippen molar-refractivity contribution in [2.24, 2.45) is 5.73 Å². The van der Waals surface area contributed by atoms with Crippen LogP contribution in [0.1, 0.15) is 27.8 Å².